The first-order chi connectivity index (χ1) is 11.5. The van der Waals surface area contributed by atoms with Crippen molar-refractivity contribution in [1.82, 2.24) is 4.98 Å². The molecule has 0 bridgehead atoms. The van der Waals surface area contributed by atoms with Gasteiger partial charge in [-0.15, -0.1) is 0 Å². The van der Waals surface area contributed by atoms with E-state index in [0.29, 0.717) is 17.3 Å². The highest BCUT2D eigenvalue weighted by Crippen LogP contribution is 2.17. The van der Waals surface area contributed by atoms with E-state index >= 15 is 0 Å². The van der Waals surface area contributed by atoms with E-state index in [4.69, 9.17) is 4.74 Å². The quantitative estimate of drug-likeness (QED) is 0.796. The summed E-state index contributed by atoms with van der Waals surface area (Å²) >= 11 is 0. The van der Waals surface area contributed by atoms with Crippen LogP contribution in [0.3, 0.4) is 0 Å². The number of para-hydroxylation sites is 1. The van der Waals surface area contributed by atoms with Gasteiger partial charge in [-0.05, 0) is 37.6 Å². The van der Waals surface area contributed by atoms with E-state index in [1.165, 1.54) is 7.11 Å². The van der Waals surface area contributed by atoms with Gasteiger partial charge in [-0.1, -0.05) is 19.1 Å². The number of hydrogen-bond acceptors (Lipinski definition) is 5. The van der Waals surface area contributed by atoms with Gasteiger partial charge in [0.15, 0.2) is 0 Å². The van der Waals surface area contributed by atoms with Crippen LogP contribution in [0.4, 0.5) is 11.4 Å². The number of benzene rings is 1. The molecule has 2 rings (SSSR count). The lowest BCUT2D eigenvalue weighted by atomic mass is 10.1. The van der Waals surface area contributed by atoms with Gasteiger partial charge in [-0.25, -0.2) is 9.78 Å². The van der Waals surface area contributed by atoms with Gasteiger partial charge in [-0.2, -0.15) is 0 Å². The number of pyridine rings is 1. The predicted molar refractivity (Wildman–Crippen MR) is 93.3 cm³/mol. The second-order valence-corrected chi connectivity index (χ2v) is 5.38. The summed E-state index contributed by atoms with van der Waals surface area (Å²) in [4.78, 5) is 28.2. The molecule has 0 aliphatic carbocycles. The number of hydrogen-bond donors (Lipinski definition) is 2. The number of anilines is 2. The standard InChI is InChI=1S/C18H21N3O3/c1-4-12(2)20-13-9-10-16(19-11-13)17(22)21-15-8-6-5-7-14(15)18(23)24-3/h5-12,20H,4H2,1-3H3,(H,21,22). The molecule has 0 aliphatic rings. The maximum Gasteiger partial charge on any atom is 0.339 e. The minimum atomic E-state index is -0.507. The molecule has 1 amide bonds. The zero-order valence-electron chi connectivity index (χ0n) is 14.0. The molecule has 1 unspecified atom stereocenters. The number of carbonyl (C=O) groups excluding carboxylic acids is 2. The van der Waals surface area contributed by atoms with Crippen LogP contribution in [0.25, 0.3) is 0 Å². The third-order valence-electron chi connectivity index (χ3n) is 3.60. The number of rotatable bonds is 6. The van der Waals surface area contributed by atoms with Crippen molar-refractivity contribution in [2.75, 3.05) is 17.7 Å². The average molecular weight is 327 g/mol. The molecule has 0 saturated carbocycles. The molecule has 6 nitrogen and oxygen atoms in total. The largest absolute Gasteiger partial charge is 0.465 e. The second-order valence-electron chi connectivity index (χ2n) is 5.38. The van der Waals surface area contributed by atoms with Crippen LogP contribution < -0.4 is 10.6 Å². The lowest BCUT2D eigenvalue weighted by Gasteiger charge is -2.13. The van der Waals surface area contributed by atoms with Gasteiger partial charge in [0.1, 0.15) is 5.69 Å². The smallest absolute Gasteiger partial charge is 0.339 e. The second kappa shape index (κ2) is 8.10. The van der Waals surface area contributed by atoms with Crippen LogP contribution in [0.15, 0.2) is 42.6 Å². The molecule has 2 aromatic rings. The van der Waals surface area contributed by atoms with Gasteiger partial charge in [0, 0.05) is 6.04 Å². The van der Waals surface area contributed by atoms with Crippen molar-refractivity contribution in [3.63, 3.8) is 0 Å². The van der Waals surface area contributed by atoms with Crippen LogP contribution in [-0.2, 0) is 4.74 Å². The number of carbonyl (C=O) groups is 2. The summed E-state index contributed by atoms with van der Waals surface area (Å²) in [6, 6.07) is 10.4. The summed E-state index contributed by atoms with van der Waals surface area (Å²) in [5.74, 6) is -0.895. The van der Waals surface area contributed by atoms with Crippen molar-refractivity contribution in [1.29, 1.82) is 0 Å². The number of ether oxygens (including phenoxy) is 1. The van der Waals surface area contributed by atoms with Crippen molar-refractivity contribution in [2.24, 2.45) is 0 Å². The van der Waals surface area contributed by atoms with Gasteiger partial charge >= 0.3 is 5.97 Å². The molecule has 0 aliphatic heterocycles. The number of nitrogens with one attached hydrogen (secondary N) is 2. The fraction of sp³-hybridized carbons (Fsp3) is 0.278. The van der Waals surface area contributed by atoms with E-state index in [0.717, 1.165) is 12.1 Å². The van der Waals surface area contributed by atoms with Gasteiger partial charge < -0.3 is 15.4 Å². The summed E-state index contributed by atoms with van der Waals surface area (Å²) in [7, 11) is 1.30. The minimum absolute atomic E-state index is 0.268. The van der Waals surface area contributed by atoms with Gasteiger partial charge in [-0.3, -0.25) is 4.79 Å². The molecular weight excluding hydrogens is 306 g/mol. The SMILES string of the molecule is CCC(C)Nc1ccc(C(=O)Nc2ccccc2C(=O)OC)nc1. The Morgan fingerprint density at radius 1 is 1.21 bits per heavy atom. The van der Waals surface area contributed by atoms with Crippen LogP contribution in [0.1, 0.15) is 41.1 Å². The zero-order chi connectivity index (χ0) is 17.5. The van der Waals surface area contributed by atoms with Gasteiger partial charge in [0.05, 0.1) is 30.2 Å². The van der Waals surface area contributed by atoms with Crippen molar-refractivity contribution in [2.45, 2.75) is 26.3 Å². The third-order valence-corrected chi connectivity index (χ3v) is 3.60. The molecule has 2 N–H and O–H groups in total. The maximum atomic E-state index is 12.3. The van der Waals surface area contributed by atoms with E-state index < -0.39 is 5.97 Å². The molecule has 0 spiro atoms. The third kappa shape index (κ3) is 4.32. The number of esters is 1. The van der Waals surface area contributed by atoms with E-state index in [1.54, 1.807) is 42.6 Å². The molecule has 1 aromatic heterocycles. The monoisotopic (exact) mass is 327 g/mol. The molecule has 6 heteroatoms. The summed E-state index contributed by atoms with van der Waals surface area (Å²) in [6.45, 7) is 4.16. The Morgan fingerprint density at radius 3 is 2.58 bits per heavy atom. The zero-order valence-corrected chi connectivity index (χ0v) is 14.0. The lowest BCUT2D eigenvalue weighted by molar-refractivity contribution is 0.0602. The Labute approximate surface area is 141 Å². The first-order valence-electron chi connectivity index (χ1n) is 7.76. The fourth-order valence-corrected chi connectivity index (χ4v) is 2.07. The molecular formula is C18H21N3O3. The van der Waals surface area contributed by atoms with Crippen LogP contribution >= 0.6 is 0 Å². The summed E-state index contributed by atoms with van der Waals surface area (Å²) in [6.07, 6.45) is 2.61. The van der Waals surface area contributed by atoms with Crippen molar-refractivity contribution < 1.29 is 14.3 Å². The fourth-order valence-electron chi connectivity index (χ4n) is 2.07. The highest BCUT2D eigenvalue weighted by molar-refractivity contribution is 6.07. The Balaban J connectivity index is 2.12. The van der Waals surface area contributed by atoms with E-state index in [2.05, 4.69) is 29.5 Å². The predicted octanol–water partition coefficient (Wildman–Crippen LogP) is 3.33. The molecule has 24 heavy (non-hydrogen) atoms. The van der Waals surface area contributed by atoms with Gasteiger partial charge in [0.25, 0.3) is 5.91 Å². The number of nitrogens with zero attached hydrogens (tertiary/aromatic N) is 1. The number of amides is 1. The molecule has 1 aromatic carbocycles. The van der Waals surface area contributed by atoms with E-state index in [-0.39, 0.29) is 11.6 Å². The number of aromatic nitrogens is 1. The molecule has 1 heterocycles. The molecule has 1 atom stereocenters. The first kappa shape index (κ1) is 17.5. The Hall–Kier alpha value is -2.89. The maximum absolute atomic E-state index is 12.3. The first-order valence-corrected chi connectivity index (χ1v) is 7.76. The minimum Gasteiger partial charge on any atom is -0.465 e. The highest BCUT2D eigenvalue weighted by atomic mass is 16.5. The highest BCUT2D eigenvalue weighted by Gasteiger charge is 2.15. The van der Waals surface area contributed by atoms with Crippen molar-refractivity contribution in [3.8, 4) is 0 Å². The summed E-state index contributed by atoms with van der Waals surface area (Å²) in [5.41, 5.74) is 1.81. The Kier molecular flexibility index (Phi) is 5.89. The average Bonchev–Trinajstić information content (AvgIpc) is 2.62. The van der Waals surface area contributed by atoms with E-state index in [1.807, 2.05) is 0 Å². The molecule has 0 radical (unpaired) electrons. The molecule has 126 valence electrons. The Bertz CT molecular complexity index is 714. The lowest BCUT2D eigenvalue weighted by Crippen LogP contribution is -2.17. The van der Waals surface area contributed by atoms with Crippen LogP contribution in [0, 0.1) is 0 Å². The van der Waals surface area contributed by atoms with Crippen LogP contribution in [-0.4, -0.2) is 30.0 Å². The molecule has 0 fully saturated rings. The molecule has 0 saturated heterocycles. The topological polar surface area (TPSA) is 80.3 Å². The van der Waals surface area contributed by atoms with E-state index in [9.17, 15) is 9.59 Å². The van der Waals surface area contributed by atoms with Crippen molar-refractivity contribution >= 4 is 23.3 Å². The summed E-state index contributed by atoms with van der Waals surface area (Å²) < 4.78 is 4.71. The van der Waals surface area contributed by atoms with Gasteiger partial charge in [0.2, 0.25) is 0 Å². The Morgan fingerprint density at radius 2 is 1.96 bits per heavy atom. The van der Waals surface area contributed by atoms with Crippen molar-refractivity contribution in [3.05, 3.63) is 53.9 Å². The summed E-state index contributed by atoms with van der Waals surface area (Å²) in [5, 5.41) is 5.97. The number of methoxy groups -OCH3 is 1. The van der Waals surface area contributed by atoms with Crippen LogP contribution in [0.5, 0.6) is 0 Å². The normalized spacial score (nSPS) is 11.5. The van der Waals surface area contributed by atoms with Crippen LogP contribution in [0.2, 0.25) is 0 Å².